The van der Waals surface area contributed by atoms with Crippen LogP contribution in [0.25, 0.3) is 0 Å². The number of pyridine rings is 1. The maximum atomic E-state index is 7.00. The lowest BCUT2D eigenvalue weighted by atomic mass is 10.2. The van der Waals surface area contributed by atoms with Gasteiger partial charge in [0.05, 0.1) is 12.8 Å². The standard InChI is InChI=1S/C19H32N4O.2C2H6.CH4O/c1-3-12-23(13-4-2)17-15-18(21)22-19(16-17)24-14-10-8-6-5-7-9-11-20;3*1-2/h5,7,9,11,15-16H,3-4,6,8,10,12-14,20H2,1-2H3,(H2,21,22);2*1-2H3;2H,1H3/p+1/b7-5-,11-9-;;;. The van der Waals surface area contributed by atoms with Gasteiger partial charge >= 0.3 is 0 Å². The number of anilines is 2. The van der Waals surface area contributed by atoms with Crippen LogP contribution in [0.2, 0.25) is 0 Å². The zero-order chi connectivity index (χ0) is 23.6. The van der Waals surface area contributed by atoms with Crippen LogP contribution in [0.3, 0.4) is 0 Å². The highest BCUT2D eigenvalue weighted by molar-refractivity contribution is 5.55. The van der Waals surface area contributed by atoms with Crippen LogP contribution in [0.5, 0.6) is 5.88 Å². The third-order valence-electron chi connectivity index (χ3n) is 3.56. The summed E-state index contributed by atoms with van der Waals surface area (Å²) in [7, 11) is 1.00. The minimum Gasteiger partial charge on any atom is -0.478 e. The molecule has 1 heterocycles. The molecule has 0 radical (unpaired) electrons. The van der Waals surface area contributed by atoms with E-state index in [0.717, 1.165) is 58.0 Å². The number of nitrogens with zero attached hydrogens (tertiary/aromatic N) is 2. The average Bonchev–Trinajstić information content (AvgIpc) is 2.79. The van der Waals surface area contributed by atoms with Gasteiger partial charge in [-0.2, -0.15) is 4.98 Å². The lowest BCUT2D eigenvalue weighted by Crippen LogP contribution is -2.38. The van der Waals surface area contributed by atoms with Crippen LogP contribution in [-0.4, -0.2) is 36.9 Å². The van der Waals surface area contributed by atoms with Crippen molar-refractivity contribution in [1.82, 2.24) is 4.98 Å². The third kappa shape index (κ3) is 18.0. The van der Waals surface area contributed by atoms with Gasteiger partial charge in [0.25, 0.3) is 0 Å². The zero-order valence-corrected chi connectivity index (χ0v) is 20.7. The van der Waals surface area contributed by atoms with Crippen LogP contribution in [0.4, 0.5) is 11.5 Å². The highest BCUT2D eigenvalue weighted by atomic mass is 16.5. The second-order valence-electron chi connectivity index (χ2n) is 5.78. The minimum atomic E-state index is 0.516. The summed E-state index contributed by atoms with van der Waals surface area (Å²) in [6.45, 7) is 15.1. The number of quaternary nitrogens is 1. The smallest absolute Gasteiger partial charge is 0.217 e. The Morgan fingerprint density at radius 2 is 1.63 bits per heavy atom. The molecule has 0 atom stereocenters. The fourth-order valence-corrected chi connectivity index (χ4v) is 2.47. The summed E-state index contributed by atoms with van der Waals surface area (Å²) in [4.78, 5) is 6.63. The molecule has 176 valence electrons. The monoisotopic (exact) mass is 425 g/mol. The van der Waals surface area contributed by atoms with Crippen LogP contribution in [0, 0.1) is 0 Å². The topological polar surface area (TPSA) is 99.2 Å². The van der Waals surface area contributed by atoms with E-state index >= 15 is 0 Å². The highest BCUT2D eigenvalue weighted by Crippen LogP contribution is 2.23. The zero-order valence-electron chi connectivity index (χ0n) is 20.7. The number of nitrogen functional groups attached to an aromatic ring is 1. The normalized spacial score (nSPS) is 9.77. The fraction of sp³-hybridized carbons (Fsp3) is 0.625. The average molecular weight is 426 g/mol. The second kappa shape index (κ2) is 27.0. The van der Waals surface area contributed by atoms with Crippen molar-refractivity contribution in [2.45, 2.75) is 73.6 Å². The Kier molecular flexibility index (Phi) is 29.3. The number of ether oxygens (including phenoxy) is 1. The van der Waals surface area contributed by atoms with Crippen molar-refractivity contribution in [2.75, 3.05) is 37.4 Å². The number of rotatable bonds is 12. The van der Waals surface area contributed by atoms with E-state index in [1.807, 2.05) is 52.0 Å². The van der Waals surface area contributed by atoms with Crippen molar-refractivity contribution in [3.05, 3.63) is 36.6 Å². The van der Waals surface area contributed by atoms with Crippen molar-refractivity contribution in [3.8, 4) is 5.88 Å². The Morgan fingerprint density at radius 1 is 1.03 bits per heavy atom. The molecule has 0 amide bonds. The van der Waals surface area contributed by atoms with Crippen LogP contribution >= 0.6 is 0 Å². The van der Waals surface area contributed by atoms with Gasteiger partial charge in [-0.05, 0) is 38.2 Å². The number of hydrogen-bond donors (Lipinski definition) is 3. The van der Waals surface area contributed by atoms with Gasteiger partial charge in [0.2, 0.25) is 5.88 Å². The SMILES string of the molecule is CC.CC.CCCN(CCC)c1cc(N)nc(OCCCC/C=C\C=C/[NH3+])c1.CO. The molecular formula is C24H49N4O2+. The molecule has 6 heteroatoms. The van der Waals surface area contributed by atoms with Gasteiger partial charge in [-0.25, -0.2) is 0 Å². The largest absolute Gasteiger partial charge is 0.478 e. The minimum absolute atomic E-state index is 0.516. The van der Waals surface area contributed by atoms with Crippen LogP contribution in [0.15, 0.2) is 36.6 Å². The van der Waals surface area contributed by atoms with E-state index in [-0.39, 0.29) is 0 Å². The summed E-state index contributed by atoms with van der Waals surface area (Å²) in [6.07, 6.45) is 13.2. The molecule has 30 heavy (non-hydrogen) atoms. The van der Waals surface area contributed by atoms with E-state index in [1.165, 1.54) is 0 Å². The molecule has 1 aromatic heterocycles. The summed E-state index contributed by atoms with van der Waals surface area (Å²) in [5.41, 5.74) is 10.7. The summed E-state index contributed by atoms with van der Waals surface area (Å²) < 4.78 is 5.80. The maximum Gasteiger partial charge on any atom is 0.217 e. The fourth-order valence-electron chi connectivity index (χ4n) is 2.47. The summed E-state index contributed by atoms with van der Waals surface area (Å²) in [5, 5.41) is 7.00. The number of aromatic nitrogens is 1. The Morgan fingerprint density at radius 3 is 2.17 bits per heavy atom. The molecule has 0 aliphatic carbocycles. The molecule has 0 fully saturated rings. The second-order valence-corrected chi connectivity index (χ2v) is 5.78. The van der Waals surface area contributed by atoms with Crippen molar-refractivity contribution >= 4 is 11.5 Å². The molecular weight excluding hydrogens is 376 g/mol. The van der Waals surface area contributed by atoms with Gasteiger partial charge in [-0.1, -0.05) is 53.7 Å². The first-order valence-corrected chi connectivity index (χ1v) is 11.4. The molecule has 6 nitrogen and oxygen atoms in total. The van der Waals surface area contributed by atoms with Crippen molar-refractivity contribution < 1.29 is 15.6 Å². The lowest BCUT2D eigenvalue weighted by Gasteiger charge is -2.24. The van der Waals surface area contributed by atoms with E-state index in [9.17, 15) is 0 Å². The van der Waals surface area contributed by atoms with Crippen molar-refractivity contribution in [2.24, 2.45) is 0 Å². The Labute approximate surface area is 186 Å². The van der Waals surface area contributed by atoms with Gasteiger partial charge in [0, 0.05) is 38.0 Å². The predicted octanol–water partition coefficient (Wildman–Crippen LogP) is 4.81. The molecule has 0 spiro atoms. The molecule has 0 aromatic carbocycles. The molecule has 0 aliphatic heterocycles. The van der Waals surface area contributed by atoms with Gasteiger partial charge in [-0.3, -0.25) is 0 Å². The third-order valence-corrected chi connectivity index (χ3v) is 3.56. The lowest BCUT2D eigenvalue weighted by molar-refractivity contribution is -0.274. The Bertz CT molecular complexity index is 514. The summed E-state index contributed by atoms with van der Waals surface area (Å²) >= 11 is 0. The predicted molar refractivity (Wildman–Crippen MR) is 133 cm³/mol. The van der Waals surface area contributed by atoms with Gasteiger partial charge in [-0.15, -0.1) is 0 Å². The van der Waals surface area contributed by atoms with Gasteiger partial charge in [0.1, 0.15) is 5.82 Å². The first-order valence-electron chi connectivity index (χ1n) is 11.4. The summed E-state index contributed by atoms with van der Waals surface area (Å²) in [5.74, 6) is 1.14. The first-order chi connectivity index (χ1) is 14.7. The van der Waals surface area contributed by atoms with E-state index in [2.05, 4.69) is 35.5 Å². The Balaban J connectivity index is -0.00000111. The number of unbranched alkanes of at least 4 members (excludes halogenated alkanes) is 2. The number of aliphatic hydroxyl groups excluding tert-OH is 1. The van der Waals surface area contributed by atoms with Gasteiger partial charge < -0.3 is 26.2 Å². The van der Waals surface area contributed by atoms with E-state index in [0.29, 0.717) is 18.3 Å². The van der Waals surface area contributed by atoms with Crippen LogP contribution in [-0.2, 0) is 0 Å². The number of aliphatic hydroxyl groups is 1. The number of hydrogen-bond acceptors (Lipinski definition) is 5. The van der Waals surface area contributed by atoms with Crippen molar-refractivity contribution in [3.63, 3.8) is 0 Å². The molecule has 0 bridgehead atoms. The highest BCUT2D eigenvalue weighted by Gasteiger charge is 2.08. The molecule has 0 aliphatic rings. The van der Waals surface area contributed by atoms with Crippen LogP contribution in [0.1, 0.15) is 73.6 Å². The molecule has 6 N–H and O–H groups in total. The molecule has 0 unspecified atom stereocenters. The maximum absolute atomic E-state index is 7.00. The van der Waals surface area contributed by atoms with Crippen molar-refractivity contribution in [1.29, 1.82) is 0 Å². The van der Waals surface area contributed by atoms with Crippen LogP contribution < -0.4 is 21.1 Å². The van der Waals surface area contributed by atoms with E-state index < -0.39 is 0 Å². The molecule has 1 aromatic rings. The summed E-state index contributed by atoms with van der Waals surface area (Å²) in [6, 6.07) is 3.93. The molecule has 0 saturated carbocycles. The quantitative estimate of drug-likeness (QED) is 0.329. The van der Waals surface area contributed by atoms with E-state index in [4.69, 9.17) is 15.6 Å². The number of allylic oxidation sites excluding steroid dienone is 3. The first kappa shape index (κ1) is 32.6. The van der Waals surface area contributed by atoms with Gasteiger partial charge in [0.15, 0.2) is 0 Å². The molecule has 1 rings (SSSR count). The Hall–Kier alpha value is -2.05. The number of nitrogens with two attached hydrogens (primary N) is 1. The molecule has 0 saturated heterocycles. The van der Waals surface area contributed by atoms with E-state index in [1.54, 1.807) is 6.20 Å².